The van der Waals surface area contributed by atoms with Crippen LogP contribution in [0.15, 0.2) is 67.2 Å². The third-order valence-corrected chi connectivity index (χ3v) is 3.42. The van der Waals surface area contributed by atoms with E-state index in [0.717, 1.165) is 27.6 Å². The first-order valence-electron chi connectivity index (χ1n) is 6.81. The van der Waals surface area contributed by atoms with Crippen LogP contribution in [0.2, 0.25) is 0 Å². The van der Waals surface area contributed by atoms with Crippen molar-refractivity contribution in [3.8, 4) is 11.5 Å². The first kappa shape index (κ1) is 13.3. The van der Waals surface area contributed by atoms with Crippen LogP contribution < -0.4 is 4.74 Å². The van der Waals surface area contributed by atoms with Crippen LogP contribution in [0.25, 0.3) is 16.8 Å². The van der Waals surface area contributed by atoms with Crippen molar-refractivity contribution >= 4 is 16.8 Å². The smallest absolute Gasteiger partial charge is 0.120 e. The Labute approximate surface area is 123 Å². The molecule has 0 unspecified atom stereocenters. The van der Waals surface area contributed by atoms with Crippen molar-refractivity contribution in [2.45, 2.75) is 6.61 Å². The van der Waals surface area contributed by atoms with Gasteiger partial charge in [0.15, 0.2) is 0 Å². The Morgan fingerprint density at radius 2 is 1.62 bits per heavy atom. The Kier molecular flexibility index (Phi) is 3.61. The van der Waals surface area contributed by atoms with Crippen molar-refractivity contribution in [3.05, 3.63) is 78.4 Å². The van der Waals surface area contributed by atoms with Crippen LogP contribution in [0.4, 0.5) is 0 Å². The lowest BCUT2D eigenvalue weighted by atomic mass is 10.1. The second-order valence-corrected chi connectivity index (χ2v) is 4.93. The zero-order valence-electron chi connectivity index (χ0n) is 11.6. The van der Waals surface area contributed by atoms with Crippen molar-refractivity contribution in [1.29, 1.82) is 0 Å². The molecule has 0 amide bonds. The van der Waals surface area contributed by atoms with Gasteiger partial charge in [-0.15, -0.1) is 0 Å². The van der Waals surface area contributed by atoms with Gasteiger partial charge in [-0.2, -0.15) is 0 Å². The first-order chi connectivity index (χ1) is 10.2. The van der Waals surface area contributed by atoms with E-state index in [0.29, 0.717) is 6.61 Å². The van der Waals surface area contributed by atoms with Gasteiger partial charge in [-0.3, -0.25) is 0 Å². The molecule has 0 saturated heterocycles. The third-order valence-electron chi connectivity index (χ3n) is 3.42. The summed E-state index contributed by atoms with van der Waals surface area (Å²) < 4.78 is 5.82. The SMILES string of the molecule is C=Cc1ccc(COc2ccc3cc(O)ccc3c2)cc1. The summed E-state index contributed by atoms with van der Waals surface area (Å²) in [6, 6.07) is 19.3. The van der Waals surface area contributed by atoms with Crippen LogP contribution in [0.5, 0.6) is 11.5 Å². The number of phenolic OH excluding ortho intramolecular Hbond substituents is 1. The standard InChI is InChI=1S/C19H16O2/c1-2-14-3-5-15(6-4-14)13-21-19-10-8-16-11-18(20)9-7-17(16)12-19/h2-12,20H,1,13H2. The van der Waals surface area contributed by atoms with Gasteiger partial charge < -0.3 is 9.84 Å². The van der Waals surface area contributed by atoms with Gasteiger partial charge >= 0.3 is 0 Å². The Morgan fingerprint density at radius 1 is 0.905 bits per heavy atom. The Hall–Kier alpha value is -2.74. The van der Waals surface area contributed by atoms with E-state index in [4.69, 9.17) is 4.74 Å². The lowest BCUT2D eigenvalue weighted by Crippen LogP contribution is -1.95. The number of hydrogen-bond donors (Lipinski definition) is 1. The van der Waals surface area contributed by atoms with E-state index >= 15 is 0 Å². The van der Waals surface area contributed by atoms with Crippen molar-refractivity contribution < 1.29 is 9.84 Å². The molecule has 0 aliphatic rings. The zero-order chi connectivity index (χ0) is 14.7. The molecule has 1 N–H and O–H groups in total. The van der Waals surface area contributed by atoms with Crippen LogP contribution in [0, 0.1) is 0 Å². The number of hydrogen-bond acceptors (Lipinski definition) is 2. The normalized spacial score (nSPS) is 10.5. The average Bonchev–Trinajstić information content (AvgIpc) is 2.53. The molecule has 0 aliphatic heterocycles. The highest BCUT2D eigenvalue weighted by Gasteiger charge is 2.00. The summed E-state index contributed by atoms with van der Waals surface area (Å²) >= 11 is 0. The van der Waals surface area contributed by atoms with E-state index < -0.39 is 0 Å². The Balaban J connectivity index is 1.75. The monoisotopic (exact) mass is 276 g/mol. The summed E-state index contributed by atoms with van der Waals surface area (Å²) in [5, 5.41) is 11.5. The second kappa shape index (κ2) is 5.71. The van der Waals surface area contributed by atoms with E-state index in [1.54, 1.807) is 12.1 Å². The van der Waals surface area contributed by atoms with E-state index in [1.807, 2.05) is 54.6 Å². The van der Waals surface area contributed by atoms with Crippen LogP contribution >= 0.6 is 0 Å². The summed E-state index contributed by atoms with van der Waals surface area (Å²) in [4.78, 5) is 0. The number of rotatable bonds is 4. The molecule has 0 radical (unpaired) electrons. The largest absolute Gasteiger partial charge is 0.508 e. The summed E-state index contributed by atoms with van der Waals surface area (Å²) in [6.45, 7) is 4.27. The van der Waals surface area contributed by atoms with Gasteiger partial charge in [0.05, 0.1) is 0 Å². The fraction of sp³-hybridized carbons (Fsp3) is 0.0526. The molecule has 3 aromatic rings. The minimum atomic E-state index is 0.276. The molecule has 0 heterocycles. The molecule has 3 rings (SSSR count). The molecular weight excluding hydrogens is 260 g/mol. The number of ether oxygens (including phenoxy) is 1. The number of aromatic hydroxyl groups is 1. The lowest BCUT2D eigenvalue weighted by molar-refractivity contribution is 0.306. The molecule has 2 heteroatoms. The first-order valence-corrected chi connectivity index (χ1v) is 6.81. The van der Waals surface area contributed by atoms with Gasteiger partial charge in [0.2, 0.25) is 0 Å². The van der Waals surface area contributed by atoms with Crippen molar-refractivity contribution in [2.24, 2.45) is 0 Å². The predicted octanol–water partition coefficient (Wildman–Crippen LogP) is 4.77. The van der Waals surface area contributed by atoms with Crippen LogP contribution in [0.1, 0.15) is 11.1 Å². The fourth-order valence-electron chi connectivity index (χ4n) is 2.22. The minimum Gasteiger partial charge on any atom is -0.508 e. The molecule has 0 saturated carbocycles. The van der Waals surface area contributed by atoms with Gasteiger partial charge in [0, 0.05) is 0 Å². The summed E-state index contributed by atoms with van der Waals surface area (Å²) in [6.07, 6.45) is 1.82. The lowest BCUT2D eigenvalue weighted by Gasteiger charge is -2.08. The Bertz CT molecular complexity index is 773. The maximum atomic E-state index is 9.46. The van der Waals surface area contributed by atoms with Crippen molar-refractivity contribution in [3.63, 3.8) is 0 Å². The number of phenols is 1. The number of benzene rings is 3. The van der Waals surface area contributed by atoms with Crippen LogP contribution in [-0.2, 0) is 6.61 Å². The second-order valence-electron chi connectivity index (χ2n) is 4.93. The average molecular weight is 276 g/mol. The van der Waals surface area contributed by atoms with E-state index in [9.17, 15) is 5.11 Å². The molecule has 0 aliphatic carbocycles. The summed E-state index contributed by atoms with van der Waals surface area (Å²) in [5.74, 6) is 1.10. The van der Waals surface area contributed by atoms with Gasteiger partial charge in [0.1, 0.15) is 18.1 Å². The van der Waals surface area contributed by atoms with E-state index in [2.05, 4.69) is 6.58 Å². The predicted molar refractivity (Wildman–Crippen MR) is 86.5 cm³/mol. The molecule has 0 atom stereocenters. The third kappa shape index (κ3) is 3.06. The van der Waals surface area contributed by atoms with Crippen LogP contribution in [-0.4, -0.2) is 5.11 Å². The highest BCUT2D eigenvalue weighted by molar-refractivity contribution is 5.85. The van der Waals surface area contributed by atoms with Gasteiger partial charge in [0.25, 0.3) is 0 Å². The molecule has 104 valence electrons. The molecule has 3 aromatic carbocycles. The zero-order valence-corrected chi connectivity index (χ0v) is 11.6. The van der Waals surface area contributed by atoms with Gasteiger partial charge in [-0.25, -0.2) is 0 Å². The maximum Gasteiger partial charge on any atom is 0.120 e. The fourth-order valence-corrected chi connectivity index (χ4v) is 2.22. The Morgan fingerprint density at radius 3 is 2.38 bits per heavy atom. The summed E-state index contributed by atoms with van der Waals surface area (Å²) in [5.41, 5.74) is 2.22. The highest BCUT2D eigenvalue weighted by Crippen LogP contribution is 2.24. The molecular formula is C19H16O2. The molecule has 0 fully saturated rings. The highest BCUT2D eigenvalue weighted by atomic mass is 16.5. The van der Waals surface area contributed by atoms with Crippen molar-refractivity contribution in [1.82, 2.24) is 0 Å². The molecule has 21 heavy (non-hydrogen) atoms. The van der Waals surface area contributed by atoms with E-state index in [1.165, 1.54) is 0 Å². The topological polar surface area (TPSA) is 29.5 Å². The number of fused-ring (bicyclic) bond motifs is 1. The minimum absolute atomic E-state index is 0.276. The molecule has 0 spiro atoms. The van der Waals surface area contributed by atoms with E-state index in [-0.39, 0.29) is 5.75 Å². The van der Waals surface area contributed by atoms with Gasteiger partial charge in [-0.1, -0.05) is 49.1 Å². The van der Waals surface area contributed by atoms with Crippen LogP contribution in [0.3, 0.4) is 0 Å². The van der Waals surface area contributed by atoms with Gasteiger partial charge in [-0.05, 0) is 46.2 Å². The summed E-state index contributed by atoms with van der Waals surface area (Å²) in [7, 11) is 0. The quantitative estimate of drug-likeness (QED) is 0.744. The molecule has 2 nitrogen and oxygen atoms in total. The molecule has 0 aromatic heterocycles. The maximum absolute atomic E-state index is 9.46. The van der Waals surface area contributed by atoms with Crippen molar-refractivity contribution in [2.75, 3.05) is 0 Å². The molecule has 0 bridgehead atoms.